The number of hydrogen-bond acceptors (Lipinski definition) is 4. The van der Waals surface area contributed by atoms with Gasteiger partial charge < -0.3 is 20.3 Å². The van der Waals surface area contributed by atoms with Gasteiger partial charge in [-0.1, -0.05) is 24.3 Å². The minimum atomic E-state index is -0.848. The third-order valence-electron chi connectivity index (χ3n) is 4.66. The molecule has 0 atom stereocenters. The van der Waals surface area contributed by atoms with Gasteiger partial charge in [-0.2, -0.15) is 0 Å². The van der Waals surface area contributed by atoms with Crippen molar-refractivity contribution in [2.45, 2.75) is 12.8 Å². The molecule has 1 aliphatic rings. The number of hydrogen-bond donors (Lipinski definition) is 2. The van der Waals surface area contributed by atoms with E-state index in [1.54, 1.807) is 29.2 Å². The summed E-state index contributed by atoms with van der Waals surface area (Å²) in [5.74, 6) is -1.47. The second-order valence-corrected chi connectivity index (χ2v) is 6.79. The minimum Gasteiger partial charge on any atom is -0.410 e. The van der Waals surface area contributed by atoms with Crippen molar-refractivity contribution in [3.8, 4) is 5.75 Å². The number of para-hydroxylation sites is 1. The summed E-state index contributed by atoms with van der Waals surface area (Å²) in [5.41, 5.74) is 0.218. The molecule has 0 unspecified atom stereocenters. The van der Waals surface area contributed by atoms with Gasteiger partial charge in [-0.15, -0.1) is 0 Å². The van der Waals surface area contributed by atoms with Crippen LogP contribution in [0.4, 0.5) is 14.9 Å². The number of nitrogens with one attached hydrogen (secondary N) is 2. The second kappa shape index (κ2) is 9.68. The number of anilines is 1. The monoisotopic (exact) mass is 399 g/mol. The molecule has 0 bridgehead atoms. The van der Waals surface area contributed by atoms with Crippen molar-refractivity contribution in [1.29, 1.82) is 0 Å². The van der Waals surface area contributed by atoms with Gasteiger partial charge in [-0.05, 0) is 49.1 Å². The Morgan fingerprint density at radius 3 is 2.41 bits per heavy atom. The third-order valence-corrected chi connectivity index (χ3v) is 4.66. The fraction of sp³-hybridized carbons (Fsp3) is 0.286. The standard InChI is InChI=1S/C21H22FN3O4/c22-16-5-4-6-17(13-16)24-20(27)19(26)23-14-15-9-11-25(12-10-15)21(28)29-18-7-2-1-3-8-18/h1-8,13,15H,9-12,14H2,(H,23,26)(H,24,27). The summed E-state index contributed by atoms with van der Waals surface area (Å²) in [4.78, 5) is 37.7. The first kappa shape index (κ1) is 20.3. The fourth-order valence-corrected chi connectivity index (χ4v) is 3.04. The van der Waals surface area contributed by atoms with Gasteiger partial charge in [0.2, 0.25) is 0 Å². The molecule has 152 valence electrons. The summed E-state index contributed by atoms with van der Waals surface area (Å²) < 4.78 is 18.5. The molecule has 1 fully saturated rings. The maximum atomic E-state index is 13.1. The Kier molecular flexibility index (Phi) is 6.78. The maximum absolute atomic E-state index is 13.1. The van der Waals surface area contributed by atoms with Crippen molar-refractivity contribution in [2.75, 3.05) is 25.0 Å². The molecule has 0 saturated carbocycles. The van der Waals surface area contributed by atoms with E-state index in [4.69, 9.17) is 4.74 Å². The maximum Gasteiger partial charge on any atom is 0.415 e. The van der Waals surface area contributed by atoms with Crippen LogP contribution in [0.3, 0.4) is 0 Å². The number of piperidine rings is 1. The number of rotatable bonds is 4. The van der Waals surface area contributed by atoms with E-state index >= 15 is 0 Å². The molecule has 2 N–H and O–H groups in total. The minimum absolute atomic E-state index is 0.154. The summed E-state index contributed by atoms with van der Waals surface area (Å²) in [6.07, 6.45) is 0.985. The largest absolute Gasteiger partial charge is 0.415 e. The highest BCUT2D eigenvalue weighted by Gasteiger charge is 2.25. The summed E-state index contributed by atoms with van der Waals surface area (Å²) in [6, 6.07) is 14.2. The summed E-state index contributed by atoms with van der Waals surface area (Å²) in [6.45, 7) is 1.36. The van der Waals surface area contributed by atoms with E-state index in [1.807, 2.05) is 6.07 Å². The van der Waals surface area contributed by atoms with Crippen LogP contribution in [-0.4, -0.2) is 42.4 Å². The third kappa shape index (κ3) is 6.03. The van der Waals surface area contributed by atoms with Crippen molar-refractivity contribution in [2.24, 2.45) is 5.92 Å². The molecular formula is C21H22FN3O4. The van der Waals surface area contributed by atoms with E-state index in [-0.39, 0.29) is 11.6 Å². The van der Waals surface area contributed by atoms with Crippen molar-refractivity contribution >= 4 is 23.6 Å². The van der Waals surface area contributed by atoms with Crippen LogP contribution >= 0.6 is 0 Å². The molecule has 1 aliphatic heterocycles. The molecule has 29 heavy (non-hydrogen) atoms. The van der Waals surface area contributed by atoms with E-state index in [9.17, 15) is 18.8 Å². The molecule has 8 heteroatoms. The first-order valence-corrected chi connectivity index (χ1v) is 9.38. The zero-order valence-corrected chi connectivity index (χ0v) is 15.8. The predicted octanol–water partition coefficient (Wildman–Crippen LogP) is 2.79. The van der Waals surface area contributed by atoms with Crippen LogP contribution in [0.2, 0.25) is 0 Å². The molecular weight excluding hydrogens is 377 g/mol. The summed E-state index contributed by atoms with van der Waals surface area (Å²) in [5, 5.41) is 4.95. The number of carbonyl (C=O) groups excluding carboxylic acids is 3. The highest BCUT2D eigenvalue weighted by molar-refractivity contribution is 6.39. The van der Waals surface area contributed by atoms with Crippen molar-refractivity contribution in [1.82, 2.24) is 10.2 Å². The zero-order chi connectivity index (χ0) is 20.6. The molecule has 7 nitrogen and oxygen atoms in total. The Balaban J connectivity index is 1.38. The number of halogens is 1. The van der Waals surface area contributed by atoms with Gasteiger partial charge in [0.15, 0.2) is 0 Å². The molecule has 2 aromatic carbocycles. The highest BCUT2D eigenvalue weighted by atomic mass is 19.1. The van der Waals surface area contributed by atoms with Gasteiger partial charge in [-0.25, -0.2) is 9.18 Å². The van der Waals surface area contributed by atoms with Crippen molar-refractivity contribution in [3.05, 3.63) is 60.4 Å². The Labute approximate surface area is 167 Å². The summed E-state index contributed by atoms with van der Waals surface area (Å²) in [7, 11) is 0. The quantitative estimate of drug-likeness (QED) is 0.774. The zero-order valence-electron chi connectivity index (χ0n) is 15.8. The van der Waals surface area contributed by atoms with Gasteiger partial charge in [0.1, 0.15) is 11.6 Å². The molecule has 0 spiro atoms. The topological polar surface area (TPSA) is 87.7 Å². The molecule has 1 saturated heterocycles. The van der Waals surface area contributed by atoms with Gasteiger partial charge in [0.05, 0.1) is 0 Å². The predicted molar refractivity (Wildman–Crippen MR) is 105 cm³/mol. The lowest BCUT2D eigenvalue weighted by Gasteiger charge is -2.31. The van der Waals surface area contributed by atoms with Crippen LogP contribution < -0.4 is 15.4 Å². The lowest BCUT2D eigenvalue weighted by Crippen LogP contribution is -2.44. The van der Waals surface area contributed by atoms with Crippen LogP contribution in [-0.2, 0) is 9.59 Å². The fourth-order valence-electron chi connectivity index (χ4n) is 3.04. The Morgan fingerprint density at radius 2 is 1.72 bits per heavy atom. The number of likely N-dealkylation sites (tertiary alicyclic amines) is 1. The lowest BCUT2D eigenvalue weighted by atomic mass is 9.97. The van der Waals surface area contributed by atoms with Gasteiger partial charge in [-0.3, -0.25) is 9.59 Å². The Morgan fingerprint density at radius 1 is 1.00 bits per heavy atom. The van der Waals surface area contributed by atoms with Crippen LogP contribution in [0.25, 0.3) is 0 Å². The Hall–Kier alpha value is -3.42. The van der Waals surface area contributed by atoms with E-state index in [0.717, 1.165) is 6.07 Å². The molecule has 3 amide bonds. The number of nitrogens with zero attached hydrogens (tertiary/aromatic N) is 1. The van der Waals surface area contributed by atoms with Crippen molar-refractivity contribution < 1.29 is 23.5 Å². The van der Waals surface area contributed by atoms with Crippen LogP contribution in [0.15, 0.2) is 54.6 Å². The van der Waals surface area contributed by atoms with E-state index in [2.05, 4.69) is 10.6 Å². The van der Waals surface area contributed by atoms with Crippen LogP contribution in [0.1, 0.15) is 12.8 Å². The molecule has 1 heterocycles. The molecule has 0 radical (unpaired) electrons. The lowest BCUT2D eigenvalue weighted by molar-refractivity contribution is -0.136. The molecule has 2 aromatic rings. The highest BCUT2D eigenvalue weighted by Crippen LogP contribution is 2.18. The number of carbonyl (C=O) groups is 3. The summed E-state index contributed by atoms with van der Waals surface area (Å²) >= 11 is 0. The normalized spacial score (nSPS) is 14.2. The van der Waals surface area contributed by atoms with Gasteiger partial charge >= 0.3 is 17.9 Å². The Bertz CT molecular complexity index is 867. The number of ether oxygens (including phenoxy) is 1. The van der Waals surface area contributed by atoms with Crippen LogP contribution in [0, 0.1) is 11.7 Å². The first-order valence-electron chi connectivity index (χ1n) is 9.38. The van der Waals surface area contributed by atoms with E-state index in [1.165, 1.54) is 18.2 Å². The first-order chi connectivity index (χ1) is 14.0. The second-order valence-electron chi connectivity index (χ2n) is 6.79. The molecule has 0 aromatic heterocycles. The SMILES string of the molecule is O=C(NCC1CCN(C(=O)Oc2ccccc2)CC1)C(=O)Nc1cccc(F)c1. The molecule has 3 rings (SSSR count). The smallest absolute Gasteiger partial charge is 0.410 e. The van der Waals surface area contributed by atoms with Crippen molar-refractivity contribution in [3.63, 3.8) is 0 Å². The average molecular weight is 399 g/mol. The van der Waals surface area contributed by atoms with Gasteiger partial charge in [0, 0.05) is 25.3 Å². The number of benzene rings is 2. The molecule has 0 aliphatic carbocycles. The van der Waals surface area contributed by atoms with Crippen LogP contribution in [0.5, 0.6) is 5.75 Å². The number of amides is 3. The van der Waals surface area contributed by atoms with E-state index in [0.29, 0.717) is 38.2 Å². The average Bonchev–Trinajstić information content (AvgIpc) is 2.73. The van der Waals surface area contributed by atoms with E-state index < -0.39 is 23.7 Å². The van der Waals surface area contributed by atoms with Gasteiger partial charge in [0.25, 0.3) is 0 Å².